The minimum absolute atomic E-state index is 0.0200. The van der Waals surface area contributed by atoms with Crippen LogP contribution in [0.3, 0.4) is 0 Å². The lowest BCUT2D eigenvalue weighted by molar-refractivity contribution is -0.163. The molecule has 2 rings (SSSR count). The number of carboxylic acid groups (broad SMARTS) is 1. The lowest BCUT2D eigenvalue weighted by Crippen LogP contribution is -2.63. The number of carboxylic acids is 1. The second-order valence-electron chi connectivity index (χ2n) is 4.48. The van der Waals surface area contributed by atoms with Crippen LogP contribution >= 0.6 is 11.8 Å². The predicted octanol–water partition coefficient (Wildman–Crippen LogP) is 0.503. The third-order valence-electron chi connectivity index (χ3n) is 3.53. The molecule has 1 fully saturated rings. The molecule has 1 amide bonds. The van der Waals surface area contributed by atoms with E-state index in [4.69, 9.17) is 5.11 Å². The fourth-order valence-corrected chi connectivity index (χ4v) is 3.69. The van der Waals surface area contributed by atoms with Gasteiger partial charge in [-0.15, -0.1) is 11.8 Å². The van der Waals surface area contributed by atoms with Crippen LogP contribution in [0.4, 0.5) is 0 Å². The highest BCUT2D eigenvalue weighted by molar-refractivity contribution is 8.02. The number of hydrogen-bond acceptors (Lipinski definition) is 4. The summed E-state index contributed by atoms with van der Waals surface area (Å²) in [5.41, 5.74) is 0.0944. The van der Waals surface area contributed by atoms with Crippen molar-refractivity contribution in [2.45, 2.75) is 26.0 Å². The number of rotatable bonds is 3. The lowest BCUT2D eigenvalue weighted by Gasteiger charge is -2.46. The Labute approximate surface area is 103 Å². The minimum atomic E-state index is -1.07. The summed E-state index contributed by atoms with van der Waals surface area (Å²) in [4.78, 5) is 25.1. The van der Waals surface area contributed by atoms with Crippen LogP contribution in [0, 0.1) is 11.8 Å². The molecule has 0 aromatic heterocycles. The van der Waals surface area contributed by atoms with Gasteiger partial charge in [0, 0.05) is 10.8 Å². The number of fused-ring (bicyclic) bond motifs is 1. The summed E-state index contributed by atoms with van der Waals surface area (Å²) < 4.78 is 0. The molecule has 0 unspecified atom stereocenters. The third-order valence-corrected chi connectivity index (χ3v) is 4.54. The van der Waals surface area contributed by atoms with Crippen LogP contribution in [0.2, 0.25) is 0 Å². The number of hydrogen-bond donors (Lipinski definition) is 2. The van der Waals surface area contributed by atoms with Crippen LogP contribution < -0.4 is 0 Å². The monoisotopic (exact) mass is 257 g/mol. The Kier molecular flexibility index (Phi) is 2.95. The van der Waals surface area contributed by atoms with Gasteiger partial charge in [0.2, 0.25) is 5.91 Å². The largest absolute Gasteiger partial charge is 0.477 e. The van der Waals surface area contributed by atoms with Crippen molar-refractivity contribution < 1.29 is 19.8 Å². The topological polar surface area (TPSA) is 77.8 Å². The van der Waals surface area contributed by atoms with E-state index in [1.807, 2.05) is 13.2 Å². The van der Waals surface area contributed by atoms with Gasteiger partial charge in [-0.25, -0.2) is 4.79 Å². The van der Waals surface area contributed by atoms with Gasteiger partial charge in [-0.2, -0.15) is 0 Å². The molecule has 2 aliphatic heterocycles. The average Bonchev–Trinajstić information content (AvgIpc) is 2.47. The second-order valence-corrected chi connectivity index (χ2v) is 5.32. The number of aliphatic hydroxyl groups is 1. The van der Waals surface area contributed by atoms with E-state index >= 15 is 0 Å². The van der Waals surface area contributed by atoms with Gasteiger partial charge in [0.25, 0.3) is 0 Å². The highest BCUT2D eigenvalue weighted by Crippen LogP contribution is 2.49. The number of aliphatic hydroxyl groups excluding tert-OH is 1. The van der Waals surface area contributed by atoms with E-state index in [-0.39, 0.29) is 23.6 Å². The zero-order valence-electron chi connectivity index (χ0n) is 9.88. The first kappa shape index (κ1) is 12.4. The quantitative estimate of drug-likeness (QED) is 0.720. The summed E-state index contributed by atoms with van der Waals surface area (Å²) in [7, 11) is 0. The van der Waals surface area contributed by atoms with E-state index in [9.17, 15) is 14.7 Å². The first-order valence-electron chi connectivity index (χ1n) is 5.44. The van der Waals surface area contributed by atoms with Crippen molar-refractivity contribution in [2.24, 2.45) is 11.8 Å². The molecule has 4 atom stereocenters. The van der Waals surface area contributed by atoms with Gasteiger partial charge in [-0.3, -0.25) is 4.79 Å². The Hall–Kier alpha value is -1.01. The van der Waals surface area contributed by atoms with Crippen molar-refractivity contribution >= 4 is 23.6 Å². The molecule has 0 saturated carbocycles. The van der Waals surface area contributed by atoms with Crippen molar-refractivity contribution in [2.75, 3.05) is 6.26 Å². The molecular weight excluding hydrogens is 242 g/mol. The van der Waals surface area contributed by atoms with Crippen LogP contribution in [-0.2, 0) is 9.59 Å². The molecule has 2 aliphatic rings. The van der Waals surface area contributed by atoms with E-state index in [0.717, 1.165) is 4.91 Å². The Morgan fingerprint density at radius 1 is 1.53 bits per heavy atom. The number of amides is 1. The van der Waals surface area contributed by atoms with E-state index in [1.54, 1.807) is 6.92 Å². The smallest absolute Gasteiger partial charge is 0.353 e. The van der Waals surface area contributed by atoms with Crippen molar-refractivity contribution in [3.8, 4) is 0 Å². The number of carbonyl (C=O) groups is 2. The first-order chi connectivity index (χ1) is 7.91. The van der Waals surface area contributed by atoms with Gasteiger partial charge in [0.05, 0.1) is 18.1 Å². The minimum Gasteiger partial charge on any atom is -0.477 e. The first-order valence-corrected chi connectivity index (χ1v) is 6.66. The summed E-state index contributed by atoms with van der Waals surface area (Å²) in [5, 5.41) is 18.7. The summed E-state index contributed by atoms with van der Waals surface area (Å²) in [6, 6.07) is -0.198. The highest BCUT2D eigenvalue weighted by atomic mass is 32.2. The molecule has 0 aliphatic carbocycles. The van der Waals surface area contributed by atoms with E-state index in [0.29, 0.717) is 0 Å². The molecule has 0 radical (unpaired) electrons. The molecule has 5 nitrogen and oxygen atoms in total. The third kappa shape index (κ3) is 1.51. The van der Waals surface area contributed by atoms with Crippen LogP contribution in [-0.4, -0.2) is 45.4 Å². The maximum absolute atomic E-state index is 11.9. The predicted molar refractivity (Wildman–Crippen MR) is 63.1 cm³/mol. The lowest BCUT2D eigenvalue weighted by atomic mass is 9.79. The molecule has 6 heteroatoms. The number of carbonyl (C=O) groups excluding carboxylic acids is 1. The standard InChI is InChI=1S/C11H15NO4S/c1-4-7-6(5(2)13)10(14)12(7)8(11(15)16)9(4)17-3/h4-7,13H,1-3H3,(H,15,16)/t4-,5-,6-,7-/m1/s1. The summed E-state index contributed by atoms with van der Waals surface area (Å²) in [5.74, 6) is -1.84. The molecule has 2 heterocycles. The van der Waals surface area contributed by atoms with Crippen molar-refractivity contribution in [3.05, 3.63) is 10.6 Å². The van der Waals surface area contributed by atoms with Crippen LogP contribution in [0.15, 0.2) is 10.6 Å². The van der Waals surface area contributed by atoms with Crippen molar-refractivity contribution in [3.63, 3.8) is 0 Å². The molecule has 0 spiro atoms. The van der Waals surface area contributed by atoms with Crippen LogP contribution in [0.25, 0.3) is 0 Å². The molecular formula is C11H15NO4S. The fraction of sp³-hybridized carbons (Fsp3) is 0.636. The fourth-order valence-electron chi connectivity index (χ4n) is 2.80. The summed E-state index contributed by atoms with van der Waals surface area (Å²) >= 11 is 1.36. The second kappa shape index (κ2) is 4.03. The molecule has 94 valence electrons. The molecule has 1 saturated heterocycles. The maximum atomic E-state index is 11.9. The van der Waals surface area contributed by atoms with E-state index in [2.05, 4.69) is 0 Å². The number of β-lactam (4-membered cyclic amide) rings is 1. The zero-order chi connectivity index (χ0) is 12.9. The molecule has 17 heavy (non-hydrogen) atoms. The Balaban J connectivity index is 2.39. The van der Waals surface area contributed by atoms with Gasteiger partial charge in [-0.1, -0.05) is 6.92 Å². The Bertz CT molecular complexity index is 418. The van der Waals surface area contributed by atoms with Gasteiger partial charge >= 0.3 is 5.97 Å². The maximum Gasteiger partial charge on any atom is 0.353 e. The zero-order valence-corrected chi connectivity index (χ0v) is 10.7. The number of aliphatic carboxylic acids is 1. The van der Waals surface area contributed by atoms with E-state index in [1.165, 1.54) is 16.7 Å². The highest BCUT2D eigenvalue weighted by Gasteiger charge is 2.59. The van der Waals surface area contributed by atoms with Gasteiger partial charge in [-0.05, 0) is 13.2 Å². The SMILES string of the molecule is CSC1=C(C(=O)O)N2C(=O)[C@H]([C@@H](C)O)[C@H]2[C@H]1C. The normalized spacial score (nSPS) is 33.5. The van der Waals surface area contributed by atoms with Crippen LogP contribution in [0.1, 0.15) is 13.8 Å². The molecule has 2 N–H and O–H groups in total. The van der Waals surface area contributed by atoms with Gasteiger partial charge < -0.3 is 15.1 Å². The van der Waals surface area contributed by atoms with Crippen LogP contribution in [0.5, 0.6) is 0 Å². The average molecular weight is 257 g/mol. The summed E-state index contributed by atoms with van der Waals surface area (Å²) in [6.07, 6.45) is 1.07. The van der Waals surface area contributed by atoms with E-state index < -0.39 is 18.0 Å². The number of thioether (sulfide) groups is 1. The number of nitrogens with zero attached hydrogens (tertiary/aromatic N) is 1. The Morgan fingerprint density at radius 2 is 2.12 bits per heavy atom. The van der Waals surface area contributed by atoms with Gasteiger partial charge in [0.1, 0.15) is 5.70 Å². The van der Waals surface area contributed by atoms with Crippen molar-refractivity contribution in [1.82, 2.24) is 4.90 Å². The molecule has 0 bridgehead atoms. The van der Waals surface area contributed by atoms with Gasteiger partial charge in [0.15, 0.2) is 0 Å². The summed E-state index contributed by atoms with van der Waals surface area (Å²) in [6.45, 7) is 3.48. The van der Waals surface area contributed by atoms with Crippen molar-refractivity contribution in [1.29, 1.82) is 0 Å². The Morgan fingerprint density at radius 3 is 2.53 bits per heavy atom. The molecule has 0 aromatic rings. The molecule has 0 aromatic carbocycles.